The Labute approximate surface area is 160 Å². The predicted octanol–water partition coefficient (Wildman–Crippen LogP) is 3.65. The number of hydrogen-bond donors (Lipinski definition) is 2. The van der Waals surface area contributed by atoms with Crippen LogP contribution >= 0.6 is 0 Å². The van der Waals surface area contributed by atoms with Gasteiger partial charge in [0.05, 0.1) is 11.4 Å². The standard InChI is InChI=1S/C20H17FN6O/c21-13-8-9-18-17(11-13)25-20(28-18)24-10-4-7-16-15(12-22)19(23)27(26-16)14-5-2-1-3-6-14/h1-3,5-6,8-9,11H,4,7,10,23H2,(H,24,25). The van der Waals surface area contributed by atoms with Crippen molar-refractivity contribution >= 4 is 22.9 Å². The van der Waals surface area contributed by atoms with Crippen molar-refractivity contribution in [2.45, 2.75) is 12.8 Å². The molecule has 0 radical (unpaired) electrons. The van der Waals surface area contributed by atoms with Crippen molar-refractivity contribution in [3.8, 4) is 11.8 Å². The van der Waals surface area contributed by atoms with Crippen LogP contribution in [0.2, 0.25) is 0 Å². The SMILES string of the molecule is N#Cc1c(CCCNc2nc3cc(F)ccc3o2)nn(-c2ccccc2)c1N. The van der Waals surface area contributed by atoms with Crippen LogP contribution < -0.4 is 11.1 Å². The van der Waals surface area contributed by atoms with Gasteiger partial charge in [-0.25, -0.2) is 9.07 Å². The van der Waals surface area contributed by atoms with E-state index in [0.29, 0.717) is 53.6 Å². The summed E-state index contributed by atoms with van der Waals surface area (Å²) >= 11 is 0. The molecule has 2 aromatic carbocycles. The average molecular weight is 376 g/mol. The van der Waals surface area contributed by atoms with E-state index in [1.807, 2.05) is 30.3 Å². The fourth-order valence-corrected chi connectivity index (χ4v) is 2.97. The Morgan fingerprint density at radius 3 is 2.82 bits per heavy atom. The van der Waals surface area contributed by atoms with Gasteiger partial charge in [0.15, 0.2) is 5.58 Å². The molecule has 3 N–H and O–H groups in total. The monoisotopic (exact) mass is 376 g/mol. The molecule has 8 heteroatoms. The van der Waals surface area contributed by atoms with Crippen molar-refractivity contribution in [2.24, 2.45) is 0 Å². The number of rotatable bonds is 6. The van der Waals surface area contributed by atoms with Gasteiger partial charge in [-0.3, -0.25) is 0 Å². The summed E-state index contributed by atoms with van der Waals surface area (Å²) in [6.45, 7) is 0.554. The molecular weight excluding hydrogens is 359 g/mol. The molecule has 0 aliphatic carbocycles. The number of halogens is 1. The summed E-state index contributed by atoms with van der Waals surface area (Å²) in [5, 5.41) is 17.0. The molecular formula is C20H17FN6O. The third-order valence-corrected chi connectivity index (χ3v) is 4.32. The molecule has 28 heavy (non-hydrogen) atoms. The number of fused-ring (bicyclic) bond motifs is 1. The number of aryl methyl sites for hydroxylation is 1. The molecule has 4 rings (SSSR count). The van der Waals surface area contributed by atoms with Crippen molar-refractivity contribution in [1.29, 1.82) is 5.26 Å². The van der Waals surface area contributed by atoms with Gasteiger partial charge in [0.1, 0.15) is 28.8 Å². The Hall–Kier alpha value is -3.86. The highest BCUT2D eigenvalue weighted by Gasteiger charge is 2.16. The van der Waals surface area contributed by atoms with E-state index < -0.39 is 0 Å². The molecule has 7 nitrogen and oxygen atoms in total. The third kappa shape index (κ3) is 3.38. The minimum absolute atomic E-state index is 0.329. The van der Waals surface area contributed by atoms with Gasteiger partial charge in [0.2, 0.25) is 0 Å². The Kier molecular flexibility index (Phi) is 4.64. The third-order valence-electron chi connectivity index (χ3n) is 4.32. The van der Waals surface area contributed by atoms with Crippen molar-refractivity contribution in [3.63, 3.8) is 0 Å². The van der Waals surface area contributed by atoms with E-state index in [1.54, 1.807) is 10.7 Å². The second kappa shape index (κ2) is 7.40. The lowest BCUT2D eigenvalue weighted by molar-refractivity contribution is 0.608. The number of oxazole rings is 1. The van der Waals surface area contributed by atoms with Crippen LogP contribution in [0.4, 0.5) is 16.2 Å². The molecule has 0 spiro atoms. The minimum atomic E-state index is -0.358. The summed E-state index contributed by atoms with van der Waals surface area (Å²) in [6, 6.07) is 16.1. The predicted molar refractivity (Wildman–Crippen MR) is 103 cm³/mol. The molecule has 0 saturated carbocycles. The first-order chi connectivity index (χ1) is 13.7. The lowest BCUT2D eigenvalue weighted by Gasteiger charge is -2.02. The Morgan fingerprint density at radius 1 is 1.21 bits per heavy atom. The van der Waals surface area contributed by atoms with E-state index in [2.05, 4.69) is 21.5 Å². The number of nitrogens with zero attached hydrogens (tertiary/aromatic N) is 4. The number of nitrogens with one attached hydrogen (secondary N) is 1. The van der Waals surface area contributed by atoms with Crippen LogP contribution in [0.3, 0.4) is 0 Å². The van der Waals surface area contributed by atoms with Crippen LogP contribution in [0.25, 0.3) is 16.8 Å². The zero-order chi connectivity index (χ0) is 19.5. The smallest absolute Gasteiger partial charge is 0.295 e. The number of aromatic nitrogens is 3. The van der Waals surface area contributed by atoms with Crippen LogP contribution in [0.5, 0.6) is 0 Å². The Morgan fingerprint density at radius 2 is 2.04 bits per heavy atom. The molecule has 140 valence electrons. The fraction of sp³-hybridized carbons (Fsp3) is 0.150. The second-order valence-corrected chi connectivity index (χ2v) is 6.23. The highest BCUT2D eigenvalue weighted by Crippen LogP contribution is 2.22. The number of nitrogens with two attached hydrogens (primary N) is 1. The lowest BCUT2D eigenvalue weighted by atomic mass is 10.1. The van der Waals surface area contributed by atoms with Crippen LogP contribution in [0.15, 0.2) is 52.9 Å². The Balaban J connectivity index is 1.42. The Bertz CT molecular complexity index is 1160. The van der Waals surface area contributed by atoms with Gasteiger partial charge in [0, 0.05) is 12.6 Å². The quantitative estimate of drug-likeness (QED) is 0.498. The zero-order valence-corrected chi connectivity index (χ0v) is 14.9. The molecule has 0 unspecified atom stereocenters. The van der Waals surface area contributed by atoms with Crippen molar-refractivity contribution in [1.82, 2.24) is 14.8 Å². The van der Waals surface area contributed by atoms with E-state index in [1.165, 1.54) is 12.1 Å². The van der Waals surface area contributed by atoms with Gasteiger partial charge in [-0.15, -0.1) is 0 Å². The molecule has 0 aliphatic rings. The first kappa shape index (κ1) is 17.5. The molecule has 4 aromatic rings. The molecule has 2 heterocycles. The maximum Gasteiger partial charge on any atom is 0.295 e. The van der Waals surface area contributed by atoms with Crippen LogP contribution in [0.1, 0.15) is 17.7 Å². The number of benzene rings is 2. The van der Waals surface area contributed by atoms with Crippen molar-refractivity contribution in [3.05, 3.63) is 65.6 Å². The number of anilines is 2. The fourth-order valence-electron chi connectivity index (χ4n) is 2.97. The van der Waals surface area contributed by atoms with Gasteiger partial charge >= 0.3 is 0 Å². The average Bonchev–Trinajstić information content (AvgIpc) is 3.25. The van der Waals surface area contributed by atoms with Crippen LogP contribution in [-0.2, 0) is 6.42 Å². The first-order valence-electron chi connectivity index (χ1n) is 8.78. The summed E-state index contributed by atoms with van der Waals surface area (Å²) < 4.78 is 20.3. The number of hydrogen-bond acceptors (Lipinski definition) is 6. The molecule has 0 aliphatic heterocycles. The molecule has 0 amide bonds. The van der Waals surface area contributed by atoms with Crippen molar-refractivity contribution in [2.75, 3.05) is 17.6 Å². The van der Waals surface area contributed by atoms with Crippen molar-refractivity contribution < 1.29 is 8.81 Å². The second-order valence-electron chi connectivity index (χ2n) is 6.23. The summed E-state index contributed by atoms with van der Waals surface area (Å²) in [6.07, 6.45) is 1.25. The van der Waals surface area contributed by atoms with Gasteiger partial charge in [-0.2, -0.15) is 15.3 Å². The topological polar surface area (TPSA) is 106 Å². The maximum absolute atomic E-state index is 13.2. The normalized spacial score (nSPS) is 10.9. The van der Waals surface area contributed by atoms with E-state index in [-0.39, 0.29) is 5.82 Å². The summed E-state index contributed by atoms with van der Waals surface area (Å²) in [7, 11) is 0. The first-order valence-corrected chi connectivity index (χ1v) is 8.78. The van der Waals surface area contributed by atoms with Gasteiger partial charge in [-0.05, 0) is 37.1 Å². The number of nitrogen functional groups attached to an aromatic ring is 1. The minimum Gasteiger partial charge on any atom is -0.424 e. The lowest BCUT2D eigenvalue weighted by Crippen LogP contribution is -2.04. The number of para-hydroxylation sites is 1. The van der Waals surface area contributed by atoms with E-state index in [4.69, 9.17) is 10.2 Å². The molecule has 2 aromatic heterocycles. The summed E-state index contributed by atoms with van der Waals surface area (Å²) in [5.41, 5.74) is 8.92. The van der Waals surface area contributed by atoms with E-state index in [0.717, 1.165) is 5.69 Å². The van der Waals surface area contributed by atoms with E-state index >= 15 is 0 Å². The molecule has 0 atom stereocenters. The molecule has 0 fully saturated rings. The highest BCUT2D eigenvalue weighted by atomic mass is 19.1. The van der Waals surface area contributed by atoms with Crippen LogP contribution in [-0.4, -0.2) is 21.3 Å². The summed E-state index contributed by atoms with van der Waals surface area (Å²) in [5.74, 6) is -0.0272. The largest absolute Gasteiger partial charge is 0.424 e. The summed E-state index contributed by atoms with van der Waals surface area (Å²) in [4.78, 5) is 4.20. The molecule has 0 bridgehead atoms. The van der Waals surface area contributed by atoms with Gasteiger partial charge in [0.25, 0.3) is 6.01 Å². The zero-order valence-electron chi connectivity index (χ0n) is 14.9. The molecule has 0 saturated heterocycles. The van der Waals surface area contributed by atoms with Gasteiger partial charge in [-0.1, -0.05) is 18.2 Å². The van der Waals surface area contributed by atoms with E-state index in [9.17, 15) is 9.65 Å². The van der Waals surface area contributed by atoms with Gasteiger partial charge < -0.3 is 15.5 Å². The van der Waals surface area contributed by atoms with Crippen LogP contribution in [0, 0.1) is 17.1 Å². The number of nitriles is 1. The highest BCUT2D eigenvalue weighted by molar-refractivity contribution is 5.74. The maximum atomic E-state index is 13.2.